The molecule has 0 radical (unpaired) electrons. The van der Waals surface area contributed by atoms with Crippen LogP contribution in [0.5, 0.6) is 0 Å². The molecule has 1 aliphatic rings. The van der Waals surface area contributed by atoms with Crippen LogP contribution in [0.3, 0.4) is 0 Å². The molecule has 1 rings (SSSR count). The Hall–Kier alpha value is 0.380. The molecule has 0 amide bonds. The first-order valence-electron chi connectivity index (χ1n) is 2.47. The summed E-state index contributed by atoms with van der Waals surface area (Å²) in [6.07, 6.45) is 3.37. The van der Waals surface area contributed by atoms with Crippen molar-refractivity contribution >= 4 is 28.7 Å². The van der Waals surface area contributed by atoms with E-state index in [0.29, 0.717) is 0 Å². The molecular formula is C5H7ClS. The van der Waals surface area contributed by atoms with Crippen molar-refractivity contribution in [1.29, 1.82) is 0 Å². The van der Waals surface area contributed by atoms with Gasteiger partial charge in [0.1, 0.15) is 0 Å². The second-order valence-electron chi connectivity index (χ2n) is 1.83. The van der Waals surface area contributed by atoms with Gasteiger partial charge in [0.05, 0.1) is 5.38 Å². The van der Waals surface area contributed by atoms with Crippen LogP contribution in [0, 0.1) is 0 Å². The summed E-state index contributed by atoms with van der Waals surface area (Å²) < 4.78 is 0. The Morgan fingerprint density at radius 3 is 2.57 bits per heavy atom. The number of alkyl halides is 1. The molecule has 0 aromatic carbocycles. The largest absolute Gasteiger partial charge is 0.117 e. The third-order valence-electron chi connectivity index (χ3n) is 1.23. The molecule has 1 aliphatic carbocycles. The number of thiocarbonyl (C=S) groups is 1. The van der Waals surface area contributed by atoms with Gasteiger partial charge in [-0.2, -0.15) is 0 Å². The zero-order chi connectivity index (χ0) is 5.28. The van der Waals surface area contributed by atoms with Crippen LogP contribution in [-0.2, 0) is 0 Å². The zero-order valence-electron chi connectivity index (χ0n) is 3.98. The zero-order valence-corrected chi connectivity index (χ0v) is 5.56. The Labute approximate surface area is 53.9 Å². The monoisotopic (exact) mass is 134 g/mol. The fraction of sp³-hybridized carbons (Fsp3) is 0.800. The van der Waals surface area contributed by atoms with Crippen LogP contribution in [0.25, 0.3) is 0 Å². The lowest BCUT2D eigenvalue weighted by atomic mass is 10.4. The minimum absolute atomic E-state index is 0.218. The lowest BCUT2D eigenvalue weighted by molar-refractivity contribution is 0.889. The molecule has 2 heteroatoms. The second kappa shape index (κ2) is 2.10. The first kappa shape index (κ1) is 5.52. The maximum atomic E-state index is 5.72. The van der Waals surface area contributed by atoms with Crippen molar-refractivity contribution in [1.82, 2.24) is 0 Å². The summed E-state index contributed by atoms with van der Waals surface area (Å²) in [7, 11) is 0. The van der Waals surface area contributed by atoms with Gasteiger partial charge in [-0.3, -0.25) is 0 Å². The molecule has 0 nitrogen and oxygen atoms in total. The number of hydrogen-bond donors (Lipinski definition) is 0. The second-order valence-corrected chi connectivity index (χ2v) is 2.88. The van der Waals surface area contributed by atoms with Gasteiger partial charge in [-0.25, -0.2) is 0 Å². The highest BCUT2D eigenvalue weighted by Gasteiger charge is 2.16. The van der Waals surface area contributed by atoms with Gasteiger partial charge in [0.25, 0.3) is 0 Å². The molecule has 0 heterocycles. The van der Waals surface area contributed by atoms with Crippen molar-refractivity contribution in [3.63, 3.8) is 0 Å². The Morgan fingerprint density at radius 2 is 2.43 bits per heavy atom. The standard InChI is InChI=1S/C5H7ClS/c6-4-2-1-3-5(4)7/h4H,1-3H2/t4-/m0/s1. The van der Waals surface area contributed by atoms with Crippen LogP contribution in [0.1, 0.15) is 19.3 Å². The van der Waals surface area contributed by atoms with Crippen LogP contribution in [0.4, 0.5) is 0 Å². The van der Waals surface area contributed by atoms with Crippen LogP contribution in [-0.4, -0.2) is 10.2 Å². The van der Waals surface area contributed by atoms with E-state index in [1.807, 2.05) is 0 Å². The van der Waals surface area contributed by atoms with E-state index >= 15 is 0 Å². The Bertz CT molecular complexity index is 90.1. The first-order chi connectivity index (χ1) is 3.30. The smallest absolute Gasteiger partial charge is 0.0648 e. The number of rotatable bonds is 0. The summed E-state index contributed by atoms with van der Waals surface area (Å²) in [6.45, 7) is 0. The third kappa shape index (κ3) is 1.14. The number of hydrogen-bond acceptors (Lipinski definition) is 1. The molecule has 0 aromatic rings. The summed E-state index contributed by atoms with van der Waals surface area (Å²) in [5, 5.41) is 0.218. The van der Waals surface area contributed by atoms with E-state index < -0.39 is 0 Å². The highest BCUT2D eigenvalue weighted by molar-refractivity contribution is 7.80. The van der Waals surface area contributed by atoms with Gasteiger partial charge in [0, 0.05) is 4.86 Å². The third-order valence-corrected chi connectivity index (χ3v) is 2.33. The first-order valence-corrected chi connectivity index (χ1v) is 3.32. The SMILES string of the molecule is S=C1CCC[C@@H]1Cl. The lowest BCUT2D eigenvalue weighted by Crippen LogP contribution is -1.99. The molecule has 0 spiro atoms. The Morgan fingerprint density at radius 1 is 1.71 bits per heavy atom. The molecule has 0 saturated heterocycles. The van der Waals surface area contributed by atoms with Crippen LogP contribution < -0.4 is 0 Å². The fourth-order valence-corrected chi connectivity index (χ4v) is 1.30. The summed E-state index contributed by atoms with van der Waals surface area (Å²) >= 11 is 10.6. The molecule has 7 heavy (non-hydrogen) atoms. The average Bonchev–Trinajstić information content (AvgIpc) is 1.91. The maximum absolute atomic E-state index is 5.72. The molecule has 0 aromatic heterocycles. The van der Waals surface area contributed by atoms with E-state index in [2.05, 4.69) is 0 Å². The molecule has 0 N–H and O–H groups in total. The molecule has 1 saturated carbocycles. The summed E-state index contributed by atoms with van der Waals surface area (Å²) in [5.41, 5.74) is 0. The topological polar surface area (TPSA) is 0 Å². The highest BCUT2D eigenvalue weighted by Crippen LogP contribution is 2.20. The van der Waals surface area contributed by atoms with E-state index in [9.17, 15) is 0 Å². The van der Waals surface area contributed by atoms with E-state index in [0.717, 1.165) is 17.7 Å². The van der Waals surface area contributed by atoms with E-state index in [4.69, 9.17) is 23.8 Å². The molecule has 0 aliphatic heterocycles. The van der Waals surface area contributed by atoms with Crippen LogP contribution >= 0.6 is 23.8 Å². The molecule has 0 unspecified atom stereocenters. The summed E-state index contributed by atoms with van der Waals surface area (Å²) in [4.78, 5) is 1.06. The van der Waals surface area contributed by atoms with Crippen molar-refractivity contribution in [3.05, 3.63) is 0 Å². The Balaban J connectivity index is 2.48. The predicted molar refractivity (Wildman–Crippen MR) is 36.1 cm³/mol. The minimum atomic E-state index is 0.218. The average molecular weight is 135 g/mol. The van der Waals surface area contributed by atoms with Crippen molar-refractivity contribution in [2.75, 3.05) is 0 Å². The van der Waals surface area contributed by atoms with Crippen LogP contribution in [0.15, 0.2) is 0 Å². The Kier molecular flexibility index (Phi) is 1.65. The predicted octanol–water partition coefficient (Wildman–Crippen LogP) is 2.15. The van der Waals surface area contributed by atoms with Gasteiger partial charge in [-0.1, -0.05) is 12.2 Å². The summed E-state index contributed by atoms with van der Waals surface area (Å²) in [5.74, 6) is 0. The van der Waals surface area contributed by atoms with Crippen molar-refractivity contribution in [2.24, 2.45) is 0 Å². The minimum Gasteiger partial charge on any atom is -0.117 e. The van der Waals surface area contributed by atoms with E-state index in [1.54, 1.807) is 0 Å². The maximum Gasteiger partial charge on any atom is 0.0648 e. The normalized spacial score (nSPS) is 31.6. The van der Waals surface area contributed by atoms with Crippen LogP contribution in [0.2, 0.25) is 0 Å². The highest BCUT2D eigenvalue weighted by atomic mass is 35.5. The quantitative estimate of drug-likeness (QED) is 0.362. The molecule has 40 valence electrons. The van der Waals surface area contributed by atoms with Crippen molar-refractivity contribution in [3.8, 4) is 0 Å². The molecule has 0 bridgehead atoms. The molecule has 1 fully saturated rings. The van der Waals surface area contributed by atoms with Gasteiger partial charge in [-0.15, -0.1) is 11.6 Å². The van der Waals surface area contributed by atoms with E-state index in [1.165, 1.54) is 6.42 Å². The van der Waals surface area contributed by atoms with Gasteiger partial charge < -0.3 is 0 Å². The van der Waals surface area contributed by atoms with E-state index in [-0.39, 0.29) is 5.38 Å². The van der Waals surface area contributed by atoms with Crippen molar-refractivity contribution in [2.45, 2.75) is 24.6 Å². The van der Waals surface area contributed by atoms with Gasteiger partial charge >= 0.3 is 0 Å². The van der Waals surface area contributed by atoms with Gasteiger partial charge in [0.2, 0.25) is 0 Å². The lowest BCUT2D eigenvalue weighted by Gasteiger charge is -1.92. The molecular weight excluding hydrogens is 128 g/mol. The van der Waals surface area contributed by atoms with Gasteiger partial charge in [-0.05, 0) is 19.3 Å². The molecule has 1 atom stereocenters. The van der Waals surface area contributed by atoms with Crippen molar-refractivity contribution < 1.29 is 0 Å². The van der Waals surface area contributed by atoms with Gasteiger partial charge in [0.15, 0.2) is 0 Å². The summed E-state index contributed by atoms with van der Waals surface area (Å²) in [6, 6.07) is 0. The fourth-order valence-electron chi connectivity index (χ4n) is 0.773. The number of halogens is 1.